The van der Waals surface area contributed by atoms with E-state index in [0.29, 0.717) is 63.5 Å². The Morgan fingerprint density at radius 2 is 1.15 bits per heavy atom. The summed E-state index contributed by atoms with van der Waals surface area (Å²) in [7, 11) is 0. The van der Waals surface area contributed by atoms with E-state index < -0.39 is 11.5 Å². The lowest BCUT2D eigenvalue weighted by atomic mass is 9.83. The van der Waals surface area contributed by atoms with Crippen molar-refractivity contribution in [2.75, 3.05) is 6.54 Å². The van der Waals surface area contributed by atoms with Crippen molar-refractivity contribution in [3.05, 3.63) is 93.8 Å². The summed E-state index contributed by atoms with van der Waals surface area (Å²) in [5.74, 6) is -0.598. The number of hydrogen-bond donors (Lipinski definition) is 6. The van der Waals surface area contributed by atoms with E-state index in [1.54, 1.807) is 12.5 Å². The van der Waals surface area contributed by atoms with Crippen LogP contribution in [0.1, 0.15) is 117 Å². The number of fused-ring (bicyclic) bond motifs is 2. The second-order valence-corrected chi connectivity index (χ2v) is 17.5. The van der Waals surface area contributed by atoms with E-state index in [2.05, 4.69) is 6.92 Å². The molecule has 4 aromatic carbocycles. The number of phenolic OH excluding ortho intramolecular Hbond substituents is 6. The highest BCUT2D eigenvalue weighted by Gasteiger charge is 2.33. The van der Waals surface area contributed by atoms with Crippen molar-refractivity contribution in [2.45, 2.75) is 117 Å². The van der Waals surface area contributed by atoms with Gasteiger partial charge >= 0.3 is 0 Å². The quantitative estimate of drug-likeness (QED) is 0.0544. The van der Waals surface area contributed by atoms with Gasteiger partial charge in [0, 0.05) is 58.5 Å². The summed E-state index contributed by atoms with van der Waals surface area (Å²) in [4.78, 5) is 0. The van der Waals surface area contributed by atoms with E-state index in [4.69, 9.17) is 19.0 Å². The molecule has 3 atom stereocenters. The molecule has 0 spiro atoms. The molecular formula is C49H56N4O8. The molecule has 0 amide bonds. The Balaban J connectivity index is 1.32. The second-order valence-electron chi connectivity index (χ2n) is 17.5. The van der Waals surface area contributed by atoms with Crippen LogP contribution in [0.3, 0.4) is 0 Å². The van der Waals surface area contributed by atoms with Crippen molar-refractivity contribution in [3.63, 3.8) is 0 Å². The average Bonchev–Trinajstić information content (AvgIpc) is 4.05. The predicted octanol–water partition coefficient (Wildman–Crippen LogP) is 10.4. The van der Waals surface area contributed by atoms with Crippen molar-refractivity contribution in [3.8, 4) is 45.6 Å². The lowest BCUT2D eigenvalue weighted by molar-refractivity contribution is 0.206. The van der Waals surface area contributed by atoms with Crippen molar-refractivity contribution in [1.82, 2.24) is 10.0 Å². The van der Waals surface area contributed by atoms with Gasteiger partial charge in [0.15, 0.2) is 23.0 Å². The van der Waals surface area contributed by atoms with E-state index in [1.807, 2.05) is 88.0 Å². The van der Waals surface area contributed by atoms with E-state index in [9.17, 15) is 30.6 Å². The number of hydrogen-bond acceptors (Lipinski definition) is 12. The summed E-state index contributed by atoms with van der Waals surface area (Å²) in [6.45, 7) is 14.1. The third-order valence-corrected chi connectivity index (χ3v) is 12.8. The largest absolute Gasteiger partial charge is 0.507 e. The van der Waals surface area contributed by atoms with Crippen molar-refractivity contribution in [1.29, 1.82) is 0 Å². The molecule has 2 aliphatic heterocycles. The molecule has 0 aliphatic carbocycles. The van der Waals surface area contributed by atoms with Crippen LogP contribution in [0.25, 0.3) is 32.7 Å². The lowest BCUT2D eigenvalue weighted by Gasteiger charge is -2.26. The lowest BCUT2D eigenvalue weighted by Crippen LogP contribution is -2.31. The Bertz CT molecular complexity index is 2660. The van der Waals surface area contributed by atoms with Gasteiger partial charge in [-0.25, -0.2) is 0 Å². The van der Waals surface area contributed by atoms with E-state index >= 15 is 0 Å². The summed E-state index contributed by atoms with van der Waals surface area (Å²) in [6, 6.07) is 11.5. The van der Waals surface area contributed by atoms with E-state index in [-0.39, 0.29) is 74.9 Å². The molecule has 2 saturated heterocycles. The Kier molecular flexibility index (Phi) is 11.1. The van der Waals surface area contributed by atoms with Crippen molar-refractivity contribution >= 4 is 34.0 Å². The standard InChI is InChI=1S/C49H56N4O8/c1-25(2)38-34-19-27(5)40(46(56)42(34)36(44(54)48(38)58)23-50-52-16-8-11-30(52)21-32-12-9-17-60-32)41-28(6)20-35-39(26(3)4)49(59)45(55)37(43(35)47(41)57)24-51-53-29(7)14-15-31(53)22-33-13-10-18-61-33/h9-10,12-13,17-20,23-26,29-31,54-59H,8,11,14-16,21-22H2,1-7H3/t29-,30-,31+/m1/s1. The first-order chi connectivity index (χ1) is 29.2. The molecule has 61 heavy (non-hydrogen) atoms. The molecule has 2 fully saturated rings. The van der Waals surface area contributed by atoms with Crippen LogP contribution in [-0.4, -0.2) is 77.8 Å². The topological polar surface area (TPSA) is 179 Å². The number of aromatic hydroxyl groups is 6. The van der Waals surface area contributed by atoms with Gasteiger partial charge in [0.05, 0.1) is 48.2 Å². The molecular weight excluding hydrogens is 773 g/mol. The van der Waals surface area contributed by atoms with Crippen molar-refractivity contribution in [2.24, 2.45) is 10.2 Å². The van der Waals surface area contributed by atoms with Crippen LogP contribution in [0.5, 0.6) is 34.5 Å². The fraction of sp³-hybridized carbons (Fsp3) is 0.388. The minimum absolute atomic E-state index is 0.0367. The van der Waals surface area contributed by atoms with Crippen LogP contribution in [0.2, 0.25) is 0 Å². The van der Waals surface area contributed by atoms with Gasteiger partial charge in [-0.15, -0.1) is 0 Å². The highest BCUT2D eigenvalue weighted by Crippen LogP contribution is 2.54. The minimum atomic E-state index is -0.410. The first-order valence-corrected chi connectivity index (χ1v) is 21.3. The fourth-order valence-corrected chi connectivity index (χ4v) is 9.84. The van der Waals surface area contributed by atoms with Crippen LogP contribution < -0.4 is 0 Å². The molecule has 12 heteroatoms. The SMILES string of the molecule is Cc1cc2c(C(C)C)c(O)c(O)c(C=NN3CCC[C@@H]3Cc3ccco3)c2c(O)c1-c1c(C)cc2c(C(C)C)c(O)c(O)c(C=NN3[C@H](Cc4ccco4)CC[C@H]3C)c2c1O. The van der Waals surface area contributed by atoms with Crippen LogP contribution in [-0.2, 0) is 12.8 Å². The third kappa shape index (κ3) is 7.25. The minimum Gasteiger partial charge on any atom is -0.507 e. The molecule has 6 N–H and O–H groups in total. The van der Waals surface area contributed by atoms with Gasteiger partial charge < -0.3 is 39.5 Å². The fourth-order valence-electron chi connectivity index (χ4n) is 9.84. The van der Waals surface area contributed by atoms with Gasteiger partial charge in [-0.3, -0.25) is 10.0 Å². The number of nitrogens with zero attached hydrogens (tertiary/aromatic N) is 4. The van der Waals surface area contributed by atoms with Gasteiger partial charge in [0.1, 0.15) is 23.0 Å². The zero-order chi connectivity index (χ0) is 43.4. The smallest absolute Gasteiger partial charge is 0.167 e. The van der Waals surface area contributed by atoms with Crippen LogP contribution in [0.4, 0.5) is 0 Å². The Morgan fingerprint density at radius 1 is 0.656 bits per heavy atom. The molecule has 0 unspecified atom stereocenters. The first kappa shape index (κ1) is 41.4. The molecule has 2 aliphatic rings. The zero-order valence-corrected chi connectivity index (χ0v) is 35.9. The molecule has 12 nitrogen and oxygen atoms in total. The third-order valence-electron chi connectivity index (χ3n) is 12.8. The second kappa shape index (κ2) is 16.3. The highest BCUT2D eigenvalue weighted by molar-refractivity contribution is 6.15. The van der Waals surface area contributed by atoms with Crippen LogP contribution in [0.15, 0.2) is 68.0 Å². The summed E-state index contributed by atoms with van der Waals surface area (Å²) >= 11 is 0. The van der Waals surface area contributed by atoms with Crippen LogP contribution >= 0.6 is 0 Å². The molecule has 8 rings (SSSR count). The molecule has 0 radical (unpaired) electrons. The number of furan rings is 2. The number of phenols is 6. The van der Waals surface area contributed by atoms with Gasteiger partial charge in [0.2, 0.25) is 0 Å². The van der Waals surface area contributed by atoms with Crippen LogP contribution in [0, 0.1) is 13.8 Å². The predicted molar refractivity (Wildman–Crippen MR) is 239 cm³/mol. The molecule has 320 valence electrons. The monoisotopic (exact) mass is 828 g/mol. The number of rotatable bonds is 11. The summed E-state index contributed by atoms with van der Waals surface area (Å²) < 4.78 is 11.3. The van der Waals surface area contributed by atoms with Gasteiger partial charge in [-0.2, -0.15) is 10.2 Å². The van der Waals surface area contributed by atoms with Gasteiger partial charge in [0.25, 0.3) is 0 Å². The number of hydrazone groups is 2. The molecule has 2 aromatic heterocycles. The normalized spacial score (nSPS) is 18.5. The summed E-state index contributed by atoms with van der Waals surface area (Å²) in [5.41, 5.74) is 3.02. The van der Waals surface area contributed by atoms with E-state index in [0.717, 1.165) is 37.2 Å². The Morgan fingerprint density at radius 3 is 1.62 bits per heavy atom. The molecule has 6 aromatic rings. The Hall–Kier alpha value is -6.30. The van der Waals surface area contributed by atoms with Gasteiger partial charge in [-0.1, -0.05) is 39.8 Å². The zero-order valence-electron chi connectivity index (χ0n) is 35.9. The first-order valence-electron chi connectivity index (χ1n) is 21.3. The maximum Gasteiger partial charge on any atom is 0.167 e. The summed E-state index contributed by atoms with van der Waals surface area (Å²) in [6.07, 6.45) is 11.2. The van der Waals surface area contributed by atoms with Crippen molar-refractivity contribution < 1.29 is 39.5 Å². The molecule has 0 saturated carbocycles. The van der Waals surface area contributed by atoms with E-state index in [1.165, 1.54) is 12.4 Å². The number of benzene rings is 4. The average molecular weight is 829 g/mol. The maximum absolute atomic E-state index is 12.6. The molecule has 0 bridgehead atoms. The molecule has 4 heterocycles. The summed E-state index contributed by atoms with van der Waals surface area (Å²) in [5, 5.41) is 87.0. The van der Waals surface area contributed by atoms with Gasteiger partial charge in [-0.05, 0) is 104 Å². The number of aryl methyl sites for hydroxylation is 2. The Labute approximate surface area is 355 Å². The highest BCUT2D eigenvalue weighted by atomic mass is 16.3. The maximum atomic E-state index is 12.6.